The van der Waals surface area contributed by atoms with Gasteiger partial charge in [-0.25, -0.2) is 15.8 Å². The maximum atomic E-state index is 5.33. The second-order valence-electron chi connectivity index (χ2n) is 3.22. The number of hydrazine groups is 1. The number of nitrogens with zero attached hydrogens (tertiary/aromatic N) is 3. The Balaban J connectivity index is 2.20. The van der Waals surface area contributed by atoms with Crippen molar-refractivity contribution in [3.05, 3.63) is 12.2 Å². The van der Waals surface area contributed by atoms with E-state index in [0.29, 0.717) is 18.3 Å². The van der Waals surface area contributed by atoms with E-state index in [9.17, 15) is 0 Å². The summed E-state index contributed by atoms with van der Waals surface area (Å²) in [7, 11) is 0. The fraction of sp³-hybridized carbons (Fsp3) is 0.667. The molecule has 1 heterocycles. The van der Waals surface area contributed by atoms with Crippen molar-refractivity contribution in [3.63, 3.8) is 0 Å². The lowest BCUT2D eigenvalue weighted by atomic mass is 10.4. The summed E-state index contributed by atoms with van der Waals surface area (Å²) in [5.74, 6) is 6.55. The minimum absolute atomic E-state index is 0.401. The average molecular weight is 241 g/mol. The molecule has 5 N–H and O–H groups in total. The van der Waals surface area contributed by atoms with Gasteiger partial charge < -0.3 is 10.1 Å². The summed E-state index contributed by atoms with van der Waals surface area (Å²) in [6, 6.07) is 0. The molecule has 1 rings (SSSR count). The van der Waals surface area contributed by atoms with Crippen LogP contribution in [0.3, 0.4) is 0 Å². The number of nitrogens with two attached hydrogens (primary N) is 1. The predicted octanol–water partition coefficient (Wildman–Crippen LogP) is -0.860. The van der Waals surface area contributed by atoms with Crippen LogP contribution in [0.5, 0.6) is 0 Å². The number of nitrogens with one attached hydrogen (secondary N) is 3. The summed E-state index contributed by atoms with van der Waals surface area (Å²) in [6.07, 6.45) is 2.34. The molecule has 17 heavy (non-hydrogen) atoms. The molecule has 1 aromatic rings. The fourth-order valence-electron chi connectivity index (χ4n) is 1.14. The van der Waals surface area contributed by atoms with Crippen LogP contribution in [0.2, 0.25) is 0 Å². The maximum Gasteiger partial charge on any atom is 0.206 e. The number of aromatic nitrogens is 3. The Morgan fingerprint density at radius 2 is 2.53 bits per heavy atom. The summed E-state index contributed by atoms with van der Waals surface area (Å²) in [6.45, 7) is 4.58. The normalized spacial score (nSPS) is 11.5. The van der Waals surface area contributed by atoms with Crippen molar-refractivity contribution in [2.24, 2.45) is 10.8 Å². The van der Waals surface area contributed by atoms with Gasteiger partial charge in [0, 0.05) is 19.8 Å². The summed E-state index contributed by atoms with van der Waals surface area (Å²) in [5.41, 5.74) is 2.49. The first-order valence-corrected chi connectivity index (χ1v) is 5.53. The molecule has 0 amide bonds. The highest BCUT2D eigenvalue weighted by Gasteiger charge is 1.97. The molecule has 0 unspecified atom stereocenters. The van der Waals surface area contributed by atoms with Crippen molar-refractivity contribution in [3.8, 4) is 0 Å². The van der Waals surface area contributed by atoms with E-state index in [-0.39, 0.29) is 0 Å². The number of rotatable bonds is 7. The number of aliphatic imine (C=N–C) groups is 1. The first-order chi connectivity index (χ1) is 8.36. The highest BCUT2D eigenvalue weighted by molar-refractivity contribution is 5.79. The number of ether oxygens (including phenoxy) is 1. The molecule has 96 valence electrons. The second-order valence-corrected chi connectivity index (χ2v) is 3.22. The Hall–Kier alpha value is -1.67. The van der Waals surface area contributed by atoms with Crippen LogP contribution < -0.4 is 16.6 Å². The zero-order valence-corrected chi connectivity index (χ0v) is 9.94. The van der Waals surface area contributed by atoms with Crippen LogP contribution in [-0.4, -0.2) is 40.9 Å². The first-order valence-electron chi connectivity index (χ1n) is 5.53. The molecule has 0 saturated carbocycles. The van der Waals surface area contributed by atoms with Crippen molar-refractivity contribution < 1.29 is 4.74 Å². The van der Waals surface area contributed by atoms with Crippen molar-refractivity contribution in [2.75, 3.05) is 19.8 Å². The van der Waals surface area contributed by atoms with E-state index >= 15 is 0 Å². The van der Waals surface area contributed by atoms with Crippen molar-refractivity contribution >= 4 is 5.96 Å². The monoisotopic (exact) mass is 241 g/mol. The summed E-state index contributed by atoms with van der Waals surface area (Å²) in [5, 5.41) is 9.51. The molecular formula is C9H19N7O. The zero-order valence-electron chi connectivity index (χ0n) is 9.94. The molecule has 0 aliphatic heterocycles. The first kappa shape index (κ1) is 13.4. The molecule has 0 atom stereocenters. The lowest BCUT2D eigenvalue weighted by Gasteiger charge is -2.08. The smallest absolute Gasteiger partial charge is 0.206 e. The van der Waals surface area contributed by atoms with Gasteiger partial charge in [-0.3, -0.25) is 10.5 Å². The fourth-order valence-corrected chi connectivity index (χ4v) is 1.14. The topological polar surface area (TPSA) is 113 Å². The van der Waals surface area contributed by atoms with Gasteiger partial charge in [0.05, 0.1) is 0 Å². The third-order valence-electron chi connectivity index (χ3n) is 1.95. The zero-order chi connectivity index (χ0) is 12.3. The van der Waals surface area contributed by atoms with Gasteiger partial charge in [0.25, 0.3) is 0 Å². The third-order valence-corrected chi connectivity index (χ3v) is 1.95. The molecule has 0 aliphatic carbocycles. The highest BCUT2D eigenvalue weighted by Crippen LogP contribution is 1.88. The number of hydrogen-bond donors (Lipinski definition) is 4. The number of guanidine groups is 1. The van der Waals surface area contributed by atoms with E-state index in [1.54, 1.807) is 0 Å². The number of H-pyrrole nitrogens is 1. The van der Waals surface area contributed by atoms with Crippen molar-refractivity contribution in [2.45, 2.75) is 19.9 Å². The van der Waals surface area contributed by atoms with E-state index in [4.69, 9.17) is 10.6 Å². The van der Waals surface area contributed by atoms with Crippen molar-refractivity contribution in [1.29, 1.82) is 0 Å². The van der Waals surface area contributed by atoms with E-state index in [1.807, 2.05) is 6.92 Å². The third kappa shape index (κ3) is 5.83. The Morgan fingerprint density at radius 1 is 1.65 bits per heavy atom. The lowest BCUT2D eigenvalue weighted by Crippen LogP contribution is -2.42. The molecule has 0 fully saturated rings. The Bertz CT molecular complexity index is 311. The van der Waals surface area contributed by atoms with Gasteiger partial charge in [0.15, 0.2) is 0 Å². The molecule has 1 aromatic heterocycles. The quantitative estimate of drug-likeness (QED) is 0.162. The minimum Gasteiger partial charge on any atom is -0.382 e. The Morgan fingerprint density at radius 3 is 3.18 bits per heavy atom. The van der Waals surface area contributed by atoms with Crippen LogP contribution in [-0.2, 0) is 11.3 Å². The largest absolute Gasteiger partial charge is 0.382 e. The molecule has 0 bridgehead atoms. The summed E-state index contributed by atoms with van der Waals surface area (Å²) < 4.78 is 5.21. The van der Waals surface area contributed by atoms with Crippen LogP contribution in [0.1, 0.15) is 19.2 Å². The van der Waals surface area contributed by atoms with Gasteiger partial charge in [-0.2, -0.15) is 5.10 Å². The van der Waals surface area contributed by atoms with Crippen LogP contribution in [0.4, 0.5) is 0 Å². The minimum atomic E-state index is 0.401. The maximum absolute atomic E-state index is 5.33. The average Bonchev–Trinajstić information content (AvgIpc) is 2.86. The summed E-state index contributed by atoms with van der Waals surface area (Å²) in [4.78, 5) is 8.15. The predicted molar refractivity (Wildman–Crippen MR) is 64.0 cm³/mol. The Kier molecular flexibility index (Phi) is 6.68. The van der Waals surface area contributed by atoms with Crippen LogP contribution in [0.15, 0.2) is 11.3 Å². The standard InChI is InChI=1S/C9H19N7O/c1-2-17-5-3-4-11-9(15-10)12-6-8-13-7-14-16-8/h7H,2-6,10H2,1H3,(H2,11,12,15)(H,13,14,16). The highest BCUT2D eigenvalue weighted by atomic mass is 16.5. The molecule has 0 spiro atoms. The van der Waals surface area contributed by atoms with E-state index in [2.05, 4.69) is 30.9 Å². The van der Waals surface area contributed by atoms with E-state index < -0.39 is 0 Å². The molecule has 8 nitrogen and oxygen atoms in total. The molecular weight excluding hydrogens is 222 g/mol. The van der Waals surface area contributed by atoms with E-state index in [1.165, 1.54) is 6.33 Å². The number of hydrogen-bond acceptors (Lipinski definition) is 5. The number of aromatic amines is 1. The Labute approximate surface area is 100 Å². The van der Waals surface area contributed by atoms with E-state index in [0.717, 1.165) is 26.2 Å². The van der Waals surface area contributed by atoms with Crippen LogP contribution in [0, 0.1) is 0 Å². The molecule has 0 aliphatic rings. The van der Waals surface area contributed by atoms with Gasteiger partial charge in [-0.05, 0) is 13.3 Å². The molecule has 8 heteroatoms. The second kappa shape index (κ2) is 8.48. The molecule has 0 aromatic carbocycles. The molecule has 0 saturated heterocycles. The van der Waals surface area contributed by atoms with Crippen molar-refractivity contribution in [1.82, 2.24) is 25.9 Å². The van der Waals surface area contributed by atoms with Gasteiger partial charge in [0.2, 0.25) is 5.96 Å². The van der Waals surface area contributed by atoms with Gasteiger partial charge in [-0.1, -0.05) is 0 Å². The van der Waals surface area contributed by atoms with Gasteiger partial charge in [0.1, 0.15) is 18.7 Å². The van der Waals surface area contributed by atoms with Crippen LogP contribution >= 0.6 is 0 Å². The van der Waals surface area contributed by atoms with Gasteiger partial charge in [-0.15, -0.1) is 0 Å². The summed E-state index contributed by atoms with van der Waals surface area (Å²) >= 11 is 0. The van der Waals surface area contributed by atoms with Crippen LogP contribution in [0.25, 0.3) is 0 Å². The lowest BCUT2D eigenvalue weighted by molar-refractivity contribution is 0.145. The van der Waals surface area contributed by atoms with Gasteiger partial charge >= 0.3 is 0 Å². The molecule has 0 radical (unpaired) electrons. The SMILES string of the molecule is CCOCCCNC(=NCc1ncn[nH]1)NN.